The maximum Gasteiger partial charge on any atom is 0.310 e. The van der Waals surface area contributed by atoms with Crippen LogP contribution in [0.25, 0.3) is 0 Å². The van der Waals surface area contributed by atoms with E-state index < -0.39 is 21.2 Å². The predicted octanol–water partition coefficient (Wildman–Crippen LogP) is 5.82. The van der Waals surface area contributed by atoms with Gasteiger partial charge in [-0.25, -0.2) is 0 Å². The minimum Gasteiger partial charge on any atom is -0.388 e. The van der Waals surface area contributed by atoms with Crippen molar-refractivity contribution in [2.75, 3.05) is 0 Å². The van der Waals surface area contributed by atoms with Crippen LogP contribution >= 0.6 is 10.2 Å². The number of hydrogen-bond acceptors (Lipinski definition) is 2. The van der Waals surface area contributed by atoms with Crippen LogP contribution in [0.15, 0.2) is 53.4 Å². The molecule has 132 valence electrons. The summed E-state index contributed by atoms with van der Waals surface area (Å²) in [4.78, 5) is 9.21. The van der Waals surface area contributed by atoms with Crippen molar-refractivity contribution in [2.45, 2.75) is 24.3 Å². The van der Waals surface area contributed by atoms with Gasteiger partial charge in [-0.3, -0.25) is 4.79 Å². The monoisotopic (exact) mass is 366 g/mol. The van der Waals surface area contributed by atoms with Crippen LogP contribution in [0.1, 0.15) is 34.5 Å². The molecule has 0 bridgehead atoms. The summed E-state index contributed by atoms with van der Waals surface area (Å²) in [6.45, 7) is 1.39. The Hall–Kier alpha value is -1.93. The Morgan fingerprint density at radius 2 is 1.46 bits per heavy atom. The Kier molecular flexibility index (Phi) is 4.05. The summed E-state index contributed by atoms with van der Waals surface area (Å²) >= 11 is 0. The molecule has 1 atom stereocenters. The maximum atomic E-state index is 12.6. The highest BCUT2D eigenvalue weighted by Crippen LogP contribution is 3.02. The molecule has 8 heteroatoms. The molecule has 0 fully saturated rings. The van der Waals surface area contributed by atoms with Crippen LogP contribution in [0.2, 0.25) is 0 Å². The maximum absolute atomic E-state index is 12.6. The smallest absolute Gasteiger partial charge is 0.310 e. The number of halogens is 5. The molecule has 2 nitrogen and oxygen atoms in total. The average Bonchev–Trinajstić information content (AvgIpc) is 2.45. The standard InChI is InChI=1S/C16H15F5O2S/c1-11(22)13-4-6-14(7-5-13)16(23)10-12-2-8-15(9-3-12)24(17,18,19,20)21/h2-9,16,23H,10H2,1H3. The molecule has 24 heavy (non-hydrogen) atoms. The third kappa shape index (κ3) is 4.55. The second kappa shape index (κ2) is 5.29. The summed E-state index contributed by atoms with van der Waals surface area (Å²) in [6, 6.07) is 8.59. The van der Waals surface area contributed by atoms with E-state index in [1.165, 1.54) is 31.2 Å². The van der Waals surface area contributed by atoms with Crippen LogP contribution in [-0.4, -0.2) is 10.9 Å². The van der Waals surface area contributed by atoms with Crippen LogP contribution in [0.3, 0.4) is 0 Å². The van der Waals surface area contributed by atoms with Crippen molar-refractivity contribution in [1.29, 1.82) is 0 Å². The molecule has 2 rings (SSSR count). The zero-order valence-electron chi connectivity index (χ0n) is 12.6. The Labute approximate surface area is 135 Å². The fourth-order valence-electron chi connectivity index (χ4n) is 2.16. The Bertz CT molecular complexity index is 752. The van der Waals surface area contributed by atoms with Gasteiger partial charge in [-0.1, -0.05) is 55.8 Å². The van der Waals surface area contributed by atoms with Gasteiger partial charge in [0.05, 0.1) is 6.10 Å². The Morgan fingerprint density at radius 1 is 0.958 bits per heavy atom. The van der Waals surface area contributed by atoms with E-state index in [-0.39, 0.29) is 17.8 Å². The molecule has 0 saturated carbocycles. The fraction of sp³-hybridized carbons (Fsp3) is 0.188. The second-order valence-corrected chi connectivity index (χ2v) is 7.92. The molecule has 0 amide bonds. The lowest BCUT2D eigenvalue weighted by molar-refractivity contribution is 0.101. The number of aliphatic hydroxyl groups excluding tert-OH is 1. The van der Waals surface area contributed by atoms with Crippen molar-refractivity contribution < 1.29 is 29.3 Å². The van der Waals surface area contributed by atoms with Crippen molar-refractivity contribution in [3.63, 3.8) is 0 Å². The minimum atomic E-state index is -9.68. The molecule has 0 saturated heterocycles. The quantitative estimate of drug-likeness (QED) is 0.535. The summed E-state index contributed by atoms with van der Waals surface area (Å²) in [7, 11) is -9.68. The van der Waals surface area contributed by atoms with Crippen LogP contribution in [0.4, 0.5) is 19.4 Å². The molecule has 2 aromatic rings. The normalized spacial score (nSPS) is 16.1. The highest BCUT2D eigenvalue weighted by molar-refractivity contribution is 8.45. The van der Waals surface area contributed by atoms with E-state index in [2.05, 4.69) is 0 Å². The molecule has 0 aliphatic rings. The van der Waals surface area contributed by atoms with Crippen molar-refractivity contribution in [3.05, 3.63) is 65.2 Å². The van der Waals surface area contributed by atoms with E-state index in [4.69, 9.17) is 0 Å². The number of aliphatic hydroxyl groups is 1. The van der Waals surface area contributed by atoms with Gasteiger partial charge < -0.3 is 5.11 Å². The van der Waals surface area contributed by atoms with Gasteiger partial charge >= 0.3 is 10.2 Å². The summed E-state index contributed by atoms with van der Waals surface area (Å²) in [5.74, 6) is -0.136. The van der Waals surface area contributed by atoms with Crippen LogP contribution in [0.5, 0.6) is 0 Å². The van der Waals surface area contributed by atoms with Crippen LogP contribution in [-0.2, 0) is 6.42 Å². The van der Waals surface area contributed by atoms with Crippen molar-refractivity contribution >= 4 is 16.0 Å². The molecule has 0 radical (unpaired) electrons. The lowest BCUT2D eigenvalue weighted by Gasteiger charge is -2.40. The first-order valence-corrected chi connectivity index (χ1v) is 8.83. The van der Waals surface area contributed by atoms with E-state index in [0.29, 0.717) is 23.3 Å². The van der Waals surface area contributed by atoms with E-state index in [9.17, 15) is 29.3 Å². The lowest BCUT2D eigenvalue weighted by atomic mass is 10.00. The van der Waals surface area contributed by atoms with Gasteiger partial charge in [-0.2, -0.15) is 0 Å². The summed E-state index contributed by atoms with van der Waals surface area (Å²) in [6.07, 6.45) is -1.07. The molecule has 0 heterocycles. The zero-order chi connectivity index (χ0) is 18.2. The zero-order valence-corrected chi connectivity index (χ0v) is 13.4. The van der Waals surface area contributed by atoms with Crippen molar-refractivity contribution in [1.82, 2.24) is 0 Å². The van der Waals surface area contributed by atoms with Gasteiger partial charge in [0.1, 0.15) is 4.90 Å². The number of rotatable bonds is 5. The number of ketones is 1. The summed E-state index contributed by atoms with van der Waals surface area (Å²) in [5, 5.41) is 10.1. The van der Waals surface area contributed by atoms with Gasteiger partial charge in [0.25, 0.3) is 0 Å². The van der Waals surface area contributed by atoms with Crippen LogP contribution in [0, 0.1) is 0 Å². The molecule has 0 aliphatic carbocycles. The Balaban J connectivity index is 2.15. The van der Waals surface area contributed by atoms with Gasteiger partial charge in [0.15, 0.2) is 5.78 Å². The van der Waals surface area contributed by atoms with Gasteiger partial charge in [-0.15, -0.1) is 0 Å². The van der Waals surface area contributed by atoms with E-state index in [1.807, 2.05) is 0 Å². The third-order valence-electron chi connectivity index (χ3n) is 3.50. The van der Waals surface area contributed by atoms with Crippen LogP contribution < -0.4 is 0 Å². The molecule has 1 N–H and O–H groups in total. The SMILES string of the molecule is CC(=O)c1ccc(C(O)Cc2ccc(S(F)(F)(F)(F)F)cc2)cc1. The predicted molar refractivity (Wildman–Crippen MR) is 82.9 cm³/mol. The first-order chi connectivity index (χ1) is 10.8. The molecule has 0 spiro atoms. The first kappa shape index (κ1) is 18.4. The molecule has 0 aliphatic heterocycles. The molecular weight excluding hydrogens is 351 g/mol. The molecule has 1 unspecified atom stereocenters. The van der Waals surface area contributed by atoms with Crippen molar-refractivity contribution in [2.24, 2.45) is 0 Å². The Morgan fingerprint density at radius 3 is 1.88 bits per heavy atom. The van der Waals surface area contributed by atoms with Crippen molar-refractivity contribution in [3.8, 4) is 0 Å². The highest BCUT2D eigenvalue weighted by Gasteiger charge is 2.65. The second-order valence-electron chi connectivity index (χ2n) is 5.51. The number of hydrogen-bond donors (Lipinski definition) is 1. The number of Topliss-reactive ketones (excluding diaryl/α,β-unsaturated/α-hetero) is 1. The molecule has 2 aromatic carbocycles. The van der Waals surface area contributed by atoms with E-state index >= 15 is 0 Å². The van der Waals surface area contributed by atoms with E-state index in [0.717, 1.165) is 12.1 Å². The van der Waals surface area contributed by atoms with E-state index in [1.54, 1.807) is 0 Å². The fourth-order valence-corrected chi connectivity index (χ4v) is 2.81. The number of carbonyl (C=O) groups is 1. The van der Waals surface area contributed by atoms with Gasteiger partial charge in [0.2, 0.25) is 0 Å². The topological polar surface area (TPSA) is 37.3 Å². The minimum absolute atomic E-state index is 0.0417. The number of benzene rings is 2. The molecule has 0 aromatic heterocycles. The first-order valence-electron chi connectivity index (χ1n) is 6.88. The number of carbonyl (C=O) groups excluding carboxylic acids is 1. The summed E-state index contributed by atoms with van der Waals surface area (Å²) in [5.41, 5.74) is 1.21. The third-order valence-corrected chi connectivity index (χ3v) is 4.66. The summed E-state index contributed by atoms with van der Waals surface area (Å²) < 4.78 is 63.2. The average molecular weight is 366 g/mol. The largest absolute Gasteiger partial charge is 0.388 e. The molecular formula is C16H15F5O2S. The van der Waals surface area contributed by atoms with Gasteiger partial charge in [0, 0.05) is 12.0 Å². The van der Waals surface area contributed by atoms with Gasteiger partial charge in [-0.05, 0) is 30.2 Å². The lowest BCUT2D eigenvalue weighted by Crippen LogP contribution is -2.07. The highest BCUT2D eigenvalue weighted by atomic mass is 32.5.